The molecular formula is C35H43N5O3. The standard InChI is InChI=1S/C35H43N5O3/c1-5-42-32-20-26(12-15-31(32)43-23(2)3)33(39-28-13-14-29-25(19-28)16-17-37-34(29)36)35(41)38-21-27-10-6-7-11-30(27)40-18-8-9-24(4)22-40/h6-7,10-17,19-20,23-24,33,39H,5,8-9,18,21-22H2,1-4H3,(H2,36,37)(H,38,41). The number of fused-ring (bicyclic) bond motifs is 1. The van der Waals surface area contributed by atoms with Gasteiger partial charge in [-0.3, -0.25) is 4.79 Å². The first-order valence-electron chi connectivity index (χ1n) is 15.3. The Balaban J connectivity index is 1.44. The fraction of sp³-hybridized carbons (Fsp3) is 0.371. The maximum absolute atomic E-state index is 14.0. The molecule has 2 atom stereocenters. The quantitative estimate of drug-likeness (QED) is 0.181. The van der Waals surface area contributed by atoms with E-state index in [2.05, 4.69) is 45.6 Å². The van der Waals surface area contributed by atoms with Gasteiger partial charge in [0, 0.05) is 42.6 Å². The predicted molar refractivity (Wildman–Crippen MR) is 175 cm³/mol. The van der Waals surface area contributed by atoms with Crippen LogP contribution in [0.3, 0.4) is 0 Å². The van der Waals surface area contributed by atoms with Crippen molar-refractivity contribution in [3.05, 3.63) is 84.1 Å². The van der Waals surface area contributed by atoms with Crippen LogP contribution in [-0.2, 0) is 11.3 Å². The molecule has 1 aromatic heterocycles. The van der Waals surface area contributed by atoms with Gasteiger partial charge in [-0.15, -0.1) is 0 Å². The number of pyridine rings is 1. The van der Waals surface area contributed by atoms with Crippen LogP contribution in [0.2, 0.25) is 0 Å². The van der Waals surface area contributed by atoms with Crippen molar-refractivity contribution in [1.82, 2.24) is 10.3 Å². The van der Waals surface area contributed by atoms with E-state index in [1.54, 1.807) is 6.20 Å². The number of nitrogens with one attached hydrogen (secondary N) is 2. The number of hydrogen-bond donors (Lipinski definition) is 3. The summed E-state index contributed by atoms with van der Waals surface area (Å²) in [5.41, 5.74) is 9.94. The summed E-state index contributed by atoms with van der Waals surface area (Å²) in [6, 6.07) is 21.1. The molecule has 0 spiro atoms. The number of benzene rings is 3. The molecule has 0 aliphatic carbocycles. The first kappa shape index (κ1) is 30.0. The monoisotopic (exact) mass is 581 g/mol. The third kappa shape index (κ3) is 7.31. The molecular weight excluding hydrogens is 538 g/mol. The van der Waals surface area contributed by atoms with Gasteiger partial charge < -0.3 is 30.7 Å². The Labute approximate surface area is 254 Å². The van der Waals surface area contributed by atoms with E-state index in [1.807, 2.05) is 69.3 Å². The molecule has 8 heteroatoms. The van der Waals surface area contributed by atoms with Crippen molar-refractivity contribution in [3.8, 4) is 11.5 Å². The second-order valence-electron chi connectivity index (χ2n) is 11.6. The first-order valence-corrected chi connectivity index (χ1v) is 15.3. The van der Waals surface area contributed by atoms with Crippen LogP contribution in [0.25, 0.3) is 10.8 Å². The SMILES string of the molecule is CCOc1cc(C(Nc2ccc3c(N)nccc3c2)C(=O)NCc2ccccc2N2CCCC(C)C2)ccc1OC(C)C. The maximum Gasteiger partial charge on any atom is 0.247 e. The van der Waals surface area contributed by atoms with Crippen LogP contribution in [0.15, 0.2) is 72.9 Å². The highest BCUT2D eigenvalue weighted by Gasteiger charge is 2.24. The Morgan fingerprint density at radius 1 is 1.09 bits per heavy atom. The number of carbonyl (C=O) groups excluding carboxylic acids is 1. The number of carbonyl (C=O) groups is 1. The van der Waals surface area contributed by atoms with E-state index in [4.69, 9.17) is 15.2 Å². The maximum atomic E-state index is 14.0. The number of para-hydroxylation sites is 1. The minimum atomic E-state index is -0.689. The molecule has 8 nitrogen and oxygen atoms in total. The van der Waals surface area contributed by atoms with Crippen molar-refractivity contribution < 1.29 is 14.3 Å². The Bertz CT molecular complexity index is 1560. The van der Waals surface area contributed by atoms with Gasteiger partial charge in [-0.2, -0.15) is 0 Å². The molecule has 43 heavy (non-hydrogen) atoms. The van der Waals surface area contributed by atoms with E-state index in [0.717, 1.165) is 40.7 Å². The molecule has 0 bridgehead atoms. The van der Waals surface area contributed by atoms with Crippen molar-refractivity contribution in [1.29, 1.82) is 0 Å². The van der Waals surface area contributed by atoms with Crippen LogP contribution in [0.4, 0.5) is 17.2 Å². The third-order valence-corrected chi connectivity index (χ3v) is 7.77. The number of piperidine rings is 1. The summed E-state index contributed by atoms with van der Waals surface area (Å²) < 4.78 is 11.9. The number of nitrogens with two attached hydrogens (primary N) is 1. The lowest BCUT2D eigenvalue weighted by molar-refractivity contribution is -0.122. The van der Waals surface area contributed by atoms with Crippen molar-refractivity contribution in [2.45, 2.75) is 59.2 Å². The van der Waals surface area contributed by atoms with Crippen molar-refractivity contribution in [2.75, 3.05) is 35.6 Å². The molecule has 3 aromatic carbocycles. The summed E-state index contributed by atoms with van der Waals surface area (Å²) >= 11 is 0. The third-order valence-electron chi connectivity index (χ3n) is 7.77. The predicted octanol–water partition coefficient (Wildman–Crippen LogP) is 6.71. The molecule has 226 valence electrons. The normalized spacial score (nSPS) is 15.7. The van der Waals surface area contributed by atoms with Gasteiger partial charge >= 0.3 is 0 Å². The summed E-state index contributed by atoms with van der Waals surface area (Å²) in [6.45, 7) is 11.2. The average molecular weight is 582 g/mol. The number of nitrogen functional groups attached to an aromatic ring is 1. The topological polar surface area (TPSA) is 102 Å². The largest absolute Gasteiger partial charge is 0.490 e. The molecule has 1 saturated heterocycles. The van der Waals surface area contributed by atoms with E-state index in [9.17, 15) is 4.79 Å². The molecule has 0 radical (unpaired) electrons. The minimum Gasteiger partial charge on any atom is -0.490 e. The van der Waals surface area contributed by atoms with Crippen LogP contribution in [-0.4, -0.2) is 36.7 Å². The molecule has 4 aromatic rings. The number of rotatable bonds is 11. The fourth-order valence-corrected chi connectivity index (χ4v) is 5.74. The number of aromatic nitrogens is 1. The van der Waals surface area contributed by atoms with Crippen molar-refractivity contribution >= 4 is 33.9 Å². The Hall–Kier alpha value is -4.46. The molecule has 1 aliphatic rings. The highest BCUT2D eigenvalue weighted by Crippen LogP contribution is 2.34. The Morgan fingerprint density at radius 3 is 2.72 bits per heavy atom. The van der Waals surface area contributed by atoms with Crippen LogP contribution in [0, 0.1) is 5.92 Å². The van der Waals surface area contributed by atoms with Crippen molar-refractivity contribution in [3.63, 3.8) is 0 Å². The summed E-state index contributed by atoms with van der Waals surface area (Å²) in [4.78, 5) is 20.7. The summed E-state index contributed by atoms with van der Waals surface area (Å²) in [5.74, 6) is 2.24. The number of hydrogen-bond acceptors (Lipinski definition) is 7. The number of ether oxygens (including phenoxy) is 2. The zero-order chi connectivity index (χ0) is 30.3. The van der Waals surface area contributed by atoms with E-state index in [-0.39, 0.29) is 12.0 Å². The zero-order valence-corrected chi connectivity index (χ0v) is 25.6. The van der Waals surface area contributed by atoms with E-state index in [0.29, 0.717) is 36.4 Å². The van der Waals surface area contributed by atoms with Crippen LogP contribution in [0.5, 0.6) is 11.5 Å². The van der Waals surface area contributed by atoms with Crippen molar-refractivity contribution in [2.24, 2.45) is 5.92 Å². The number of anilines is 3. The Morgan fingerprint density at radius 2 is 1.93 bits per heavy atom. The lowest BCUT2D eigenvalue weighted by atomic mass is 9.98. The van der Waals surface area contributed by atoms with Gasteiger partial charge in [0.15, 0.2) is 11.5 Å². The second-order valence-corrected chi connectivity index (χ2v) is 11.6. The molecule has 1 fully saturated rings. The van der Waals surface area contributed by atoms with E-state index >= 15 is 0 Å². The smallest absolute Gasteiger partial charge is 0.247 e. The lowest BCUT2D eigenvalue weighted by Gasteiger charge is -2.34. The van der Waals surface area contributed by atoms with Gasteiger partial charge in [0.25, 0.3) is 0 Å². The minimum absolute atomic E-state index is 0.00948. The number of amides is 1. The second kappa shape index (κ2) is 13.7. The number of nitrogens with zero attached hydrogens (tertiary/aromatic N) is 2. The highest BCUT2D eigenvalue weighted by atomic mass is 16.5. The first-order chi connectivity index (χ1) is 20.8. The van der Waals surface area contributed by atoms with Gasteiger partial charge in [0.1, 0.15) is 11.9 Å². The average Bonchev–Trinajstić information content (AvgIpc) is 3.00. The molecule has 2 heterocycles. The summed E-state index contributed by atoms with van der Waals surface area (Å²) in [5, 5.41) is 8.51. The molecule has 4 N–H and O–H groups in total. The zero-order valence-electron chi connectivity index (χ0n) is 25.6. The van der Waals surface area contributed by atoms with Gasteiger partial charge in [0.05, 0.1) is 12.7 Å². The van der Waals surface area contributed by atoms with Gasteiger partial charge in [0.2, 0.25) is 5.91 Å². The molecule has 5 rings (SSSR count). The molecule has 2 unspecified atom stereocenters. The van der Waals surface area contributed by atoms with Gasteiger partial charge in [-0.1, -0.05) is 31.2 Å². The van der Waals surface area contributed by atoms with E-state index in [1.165, 1.54) is 18.5 Å². The van der Waals surface area contributed by atoms with Crippen LogP contribution < -0.4 is 30.7 Å². The Kier molecular flexibility index (Phi) is 9.55. The highest BCUT2D eigenvalue weighted by molar-refractivity contribution is 5.94. The fourth-order valence-electron chi connectivity index (χ4n) is 5.74. The van der Waals surface area contributed by atoms with Gasteiger partial charge in [-0.25, -0.2) is 4.98 Å². The van der Waals surface area contributed by atoms with Gasteiger partial charge in [-0.05, 0) is 98.5 Å². The van der Waals surface area contributed by atoms with Crippen LogP contribution >= 0.6 is 0 Å². The summed E-state index contributed by atoms with van der Waals surface area (Å²) in [6.07, 6.45) is 4.11. The molecule has 1 amide bonds. The lowest BCUT2D eigenvalue weighted by Crippen LogP contribution is -2.36. The molecule has 1 aliphatic heterocycles. The van der Waals surface area contributed by atoms with E-state index < -0.39 is 6.04 Å². The molecule has 0 saturated carbocycles. The van der Waals surface area contributed by atoms with Crippen LogP contribution in [0.1, 0.15) is 57.7 Å². The summed E-state index contributed by atoms with van der Waals surface area (Å²) in [7, 11) is 0.